The molecule has 0 radical (unpaired) electrons. The van der Waals surface area contributed by atoms with E-state index in [0.29, 0.717) is 18.0 Å². The molecule has 2 unspecified atom stereocenters. The van der Waals surface area contributed by atoms with E-state index >= 15 is 0 Å². The van der Waals surface area contributed by atoms with Crippen LogP contribution in [-0.4, -0.2) is 60.1 Å². The Morgan fingerprint density at radius 1 is 0.962 bits per heavy atom. The van der Waals surface area contributed by atoms with Crippen LogP contribution in [0.15, 0.2) is 30.3 Å². The number of hydrogen-bond donors (Lipinski definition) is 2. The molecule has 4 nitrogen and oxygen atoms in total. The molecular weight excluding hydrogens is 320 g/mol. The fraction of sp³-hybridized carbons (Fsp3) is 0.727. The van der Waals surface area contributed by atoms with Crippen molar-refractivity contribution in [2.45, 2.75) is 63.2 Å². The maximum atomic E-state index is 3.44. The summed E-state index contributed by atoms with van der Waals surface area (Å²) in [6.45, 7) is 9.82. The van der Waals surface area contributed by atoms with Gasteiger partial charge >= 0.3 is 0 Å². The Labute approximate surface area is 158 Å². The van der Waals surface area contributed by atoms with Crippen LogP contribution in [0.4, 0.5) is 0 Å². The third-order valence-corrected chi connectivity index (χ3v) is 7.89. The van der Waals surface area contributed by atoms with Gasteiger partial charge in [0.1, 0.15) is 0 Å². The lowest BCUT2D eigenvalue weighted by atomic mass is 9.75. The molecule has 1 aromatic carbocycles. The fourth-order valence-corrected chi connectivity index (χ4v) is 6.51. The predicted molar refractivity (Wildman–Crippen MR) is 106 cm³/mol. The van der Waals surface area contributed by atoms with Gasteiger partial charge in [-0.15, -0.1) is 0 Å². The van der Waals surface area contributed by atoms with Crippen LogP contribution in [-0.2, 0) is 0 Å². The van der Waals surface area contributed by atoms with E-state index in [1.807, 2.05) is 0 Å². The van der Waals surface area contributed by atoms with Crippen LogP contribution < -0.4 is 10.9 Å². The minimum Gasteiger partial charge on any atom is -0.298 e. The van der Waals surface area contributed by atoms with Gasteiger partial charge in [0.05, 0.1) is 0 Å². The van der Waals surface area contributed by atoms with Crippen LogP contribution in [0.5, 0.6) is 0 Å². The van der Waals surface area contributed by atoms with Gasteiger partial charge in [0.15, 0.2) is 0 Å². The summed E-state index contributed by atoms with van der Waals surface area (Å²) in [5.41, 5.74) is 8.43. The Kier molecular flexibility index (Phi) is 4.56. The van der Waals surface area contributed by atoms with Crippen LogP contribution in [0, 0.1) is 11.8 Å². The second kappa shape index (κ2) is 6.90. The van der Waals surface area contributed by atoms with Crippen LogP contribution in [0.25, 0.3) is 0 Å². The molecule has 0 aromatic heterocycles. The number of hydrogen-bond acceptors (Lipinski definition) is 4. The average molecular weight is 355 g/mol. The number of nitrogens with zero attached hydrogens (tertiary/aromatic N) is 2. The van der Waals surface area contributed by atoms with E-state index in [4.69, 9.17) is 0 Å². The largest absolute Gasteiger partial charge is 0.298 e. The van der Waals surface area contributed by atoms with Crippen molar-refractivity contribution in [3.8, 4) is 0 Å². The quantitative estimate of drug-likeness (QED) is 0.869. The molecular formula is C22H34N4. The Bertz CT molecular complexity index is 602. The molecule has 4 heteroatoms. The highest BCUT2D eigenvalue weighted by atomic mass is 15.4. The number of rotatable bonds is 4. The third kappa shape index (κ3) is 2.82. The zero-order chi connectivity index (χ0) is 17.7. The first-order valence-corrected chi connectivity index (χ1v) is 10.8. The van der Waals surface area contributed by atoms with Gasteiger partial charge in [-0.2, -0.15) is 0 Å². The van der Waals surface area contributed by atoms with E-state index in [0.717, 1.165) is 23.9 Å². The number of piperidine rings is 3. The SMILES string of the molecule is CC1NNC(C)C1CCN1C[C@H](c2ccccc2)[C@H]2[C@@H]1C1CCN2CC1. The fourth-order valence-electron chi connectivity index (χ4n) is 6.51. The van der Waals surface area contributed by atoms with E-state index in [-0.39, 0.29) is 0 Å². The van der Waals surface area contributed by atoms with Crippen molar-refractivity contribution < 1.29 is 0 Å². The van der Waals surface area contributed by atoms with Crippen molar-refractivity contribution in [2.24, 2.45) is 11.8 Å². The van der Waals surface area contributed by atoms with Crippen molar-refractivity contribution in [3.05, 3.63) is 35.9 Å². The Hall–Kier alpha value is -0.940. The van der Waals surface area contributed by atoms with Crippen LogP contribution in [0.2, 0.25) is 0 Å². The molecule has 0 aliphatic carbocycles. The standard InChI is InChI=1S/C22H34N4/c1-15-19(16(2)24-23-15)10-13-26-14-20(17-6-4-3-5-7-17)22-21(26)18-8-11-25(22)12-9-18/h3-7,15-16,18-24H,8-14H2,1-2H3/t15?,16?,19?,20-,21+,22+/m1/s1. The lowest BCUT2D eigenvalue weighted by Crippen LogP contribution is -2.60. The van der Waals surface area contributed by atoms with Crippen molar-refractivity contribution in [1.82, 2.24) is 20.7 Å². The average Bonchev–Trinajstić information content (AvgIpc) is 3.24. The summed E-state index contributed by atoms with van der Waals surface area (Å²) >= 11 is 0. The van der Waals surface area contributed by atoms with Gasteiger partial charge < -0.3 is 0 Å². The minimum absolute atomic E-state index is 0.583. The Morgan fingerprint density at radius 2 is 1.65 bits per heavy atom. The molecule has 2 bridgehead atoms. The summed E-state index contributed by atoms with van der Waals surface area (Å²) in [4.78, 5) is 5.71. The van der Waals surface area contributed by atoms with Gasteiger partial charge in [0.2, 0.25) is 0 Å². The van der Waals surface area contributed by atoms with Crippen molar-refractivity contribution in [3.63, 3.8) is 0 Å². The van der Waals surface area contributed by atoms with Crippen LogP contribution in [0.3, 0.4) is 0 Å². The number of nitrogens with one attached hydrogen (secondary N) is 2. The monoisotopic (exact) mass is 354 g/mol. The first-order valence-electron chi connectivity index (χ1n) is 10.8. The molecule has 5 aliphatic rings. The first kappa shape index (κ1) is 17.2. The highest BCUT2D eigenvalue weighted by molar-refractivity contribution is 5.27. The zero-order valence-corrected chi connectivity index (χ0v) is 16.3. The van der Waals surface area contributed by atoms with Gasteiger partial charge in [0, 0.05) is 36.6 Å². The van der Waals surface area contributed by atoms with Gasteiger partial charge in [-0.25, -0.2) is 0 Å². The molecule has 5 aliphatic heterocycles. The maximum Gasteiger partial charge on any atom is 0.0335 e. The van der Waals surface area contributed by atoms with Crippen molar-refractivity contribution in [2.75, 3.05) is 26.2 Å². The topological polar surface area (TPSA) is 30.5 Å². The minimum atomic E-state index is 0.583. The Balaban J connectivity index is 1.36. The molecule has 5 saturated heterocycles. The molecule has 26 heavy (non-hydrogen) atoms. The predicted octanol–water partition coefficient (Wildman–Crippen LogP) is 2.44. The molecule has 0 amide bonds. The molecule has 5 heterocycles. The van der Waals surface area contributed by atoms with E-state index in [2.05, 4.69) is 64.8 Å². The van der Waals surface area contributed by atoms with E-state index < -0.39 is 0 Å². The van der Waals surface area contributed by atoms with Crippen LogP contribution in [0.1, 0.15) is 44.6 Å². The number of likely N-dealkylation sites (tertiary alicyclic amines) is 1. The maximum absolute atomic E-state index is 3.44. The number of fused-ring (bicyclic) bond motifs is 2. The highest BCUT2D eigenvalue weighted by Gasteiger charge is 2.53. The van der Waals surface area contributed by atoms with Gasteiger partial charge in [0.25, 0.3) is 0 Å². The number of hydrazine groups is 1. The second-order valence-electron chi connectivity index (χ2n) is 9.19. The lowest BCUT2D eigenvalue weighted by Gasteiger charge is -2.51. The molecule has 142 valence electrons. The highest BCUT2D eigenvalue weighted by Crippen LogP contribution is 2.46. The summed E-state index contributed by atoms with van der Waals surface area (Å²) in [5.74, 6) is 2.36. The molecule has 6 rings (SSSR count). The smallest absolute Gasteiger partial charge is 0.0335 e. The lowest BCUT2D eigenvalue weighted by molar-refractivity contribution is -0.00784. The zero-order valence-electron chi connectivity index (χ0n) is 16.3. The normalized spacial score (nSPS) is 45.2. The molecule has 2 N–H and O–H groups in total. The third-order valence-electron chi connectivity index (χ3n) is 7.89. The van der Waals surface area contributed by atoms with Crippen molar-refractivity contribution in [1.29, 1.82) is 0 Å². The molecule has 0 spiro atoms. The van der Waals surface area contributed by atoms with Crippen molar-refractivity contribution >= 4 is 0 Å². The summed E-state index contributed by atoms with van der Waals surface area (Å²) in [7, 11) is 0. The molecule has 1 aromatic rings. The van der Waals surface area contributed by atoms with E-state index in [1.54, 1.807) is 5.56 Å². The summed E-state index contributed by atoms with van der Waals surface area (Å²) in [5, 5.41) is 0. The molecule has 0 saturated carbocycles. The summed E-state index contributed by atoms with van der Waals surface area (Å²) in [6.07, 6.45) is 4.14. The molecule has 5 atom stereocenters. The van der Waals surface area contributed by atoms with Gasteiger partial charge in [-0.1, -0.05) is 30.3 Å². The van der Waals surface area contributed by atoms with Gasteiger partial charge in [-0.3, -0.25) is 20.7 Å². The number of benzene rings is 1. The Morgan fingerprint density at radius 3 is 2.35 bits per heavy atom. The summed E-state index contributed by atoms with van der Waals surface area (Å²) < 4.78 is 0. The van der Waals surface area contributed by atoms with Gasteiger partial charge in [-0.05, 0) is 70.1 Å². The van der Waals surface area contributed by atoms with Crippen LogP contribution >= 0.6 is 0 Å². The van der Waals surface area contributed by atoms with E-state index in [1.165, 1.54) is 45.4 Å². The first-order chi connectivity index (χ1) is 12.7. The summed E-state index contributed by atoms with van der Waals surface area (Å²) in [6, 6.07) is 14.0. The molecule has 5 fully saturated rings. The van der Waals surface area contributed by atoms with E-state index in [9.17, 15) is 0 Å². The second-order valence-corrected chi connectivity index (χ2v) is 9.19.